The number of non-ortho nitro benzene ring substituents is 1. The van der Waals surface area contributed by atoms with Crippen LogP contribution in [0.5, 0.6) is 0 Å². The Morgan fingerprint density at radius 3 is 2.03 bits per heavy atom. The molecule has 0 spiro atoms. The first-order valence-electron chi connectivity index (χ1n) is 9.64. The number of nitro groups is 1. The Hall–Kier alpha value is -4.26. The predicted octanol–water partition coefficient (Wildman–Crippen LogP) is 4.61. The molecule has 1 aliphatic rings. The van der Waals surface area contributed by atoms with E-state index >= 15 is 0 Å². The van der Waals surface area contributed by atoms with Gasteiger partial charge in [0.15, 0.2) is 0 Å². The number of benzene rings is 3. The highest BCUT2D eigenvalue weighted by molar-refractivity contribution is 6.46. The van der Waals surface area contributed by atoms with Crippen LogP contribution in [0, 0.1) is 24.0 Å². The van der Waals surface area contributed by atoms with Gasteiger partial charge in [0.25, 0.3) is 17.5 Å². The third kappa shape index (κ3) is 3.57. The zero-order valence-corrected chi connectivity index (χ0v) is 17.0. The molecule has 0 saturated carbocycles. The Kier molecular flexibility index (Phi) is 5.09. The average Bonchev–Trinajstić information content (AvgIpc) is 3.00. The summed E-state index contributed by atoms with van der Waals surface area (Å²) in [4.78, 5) is 38.5. The first-order chi connectivity index (χ1) is 14.9. The van der Waals surface area contributed by atoms with Crippen molar-refractivity contribution in [3.63, 3.8) is 0 Å². The number of carbonyl (C=O) groups excluding carboxylic acids is 2. The number of aryl methyl sites for hydroxylation is 2. The second-order valence-corrected chi connectivity index (χ2v) is 7.23. The normalized spacial score (nSPS) is 13.7. The third-order valence-corrected chi connectivity index (χ3v) is 5.21. The van der Waals surface area contributed by atoms with E-state index in [9.17, 15) is 19.7 Å². The number of nitrogens with zero attached hydrogens (tertiary/aromatic N) is 2. The van der Waals surface area contributed by atoms with Crippen molar-refractivity contribution in [1.29, 1.82) is 0 Å². The third-order valence-electron chi connectivity index (χ3n) is 5.21. The van der Waals surface area contributed by atoms with E-state index in [1.807, 2.05) is 50.2 Å². The van der Waals surface area contributed by atoms with Crippen LogP contribution in [0.4, 0.5) is 17.1 Å². The lowest BCUT2D eigenvalue weighted by Gasteiger charge is -2.17. The molecule has 0 aliphatic carbocycles. The van der Waals surface area contributed by atoms with Crippen LogP contribution in [0.2, 0.25) is 0 Å². The zero-order chi connectivity index (χ0) is 22.1. The summed E-state index contributed by atoms with van der Waals surface area (Å²) < 4.78 is 0. The quantitative estimate of drug-likeness (QED) is 0.375. The molecular weight excluding hydrogens is 394 g/mol. The van der Waals surface area contributed by atoms with Gasteiger partial charge in [0.2, 0.25) is 0 Å². The minimum Gasteiger partial charge on any atom is -0.350 e. The molecule has 3 aromatic carbocycles. The van der Waals surface area contributed by atoms with Gasteiger partial charge in [0.1, 0.15) is 5.70 Å². The summed E-state index contributed by atoms with van der Waals surface area (Å²) in [5, 5.41) is 14.1. The highest BCUT2D eigenvalue weighted by Crippen LogP contribution is 2.35. The van der Waals surface area contributed by atoms with Gasteiger partial charge in [0.05, 0.1) is 16.2 Å². The lowest BCUT2D eigenvalue weighted by Crippen LogP contribution is -2.33. The number of carbonyl (C=O) groups is 2. The number of hydrogen-bond donors (Lipinski definition) is 1. The van der Waals surface area contributed by atoms with Gasteiger partial charge in [-0.15, -0.1) is 0 Å². The summed E-state index contributed by atoms with van der Waals surface area (Å²) in [6.07, 6.45) is 0. The van der Waals surface area contributed by atoms with Crippen LogP contribution in [-0.2, 0) is 9.59 Å². The summed E-state index contributed by atoms with van der Waals surface area (Å²) in [7, 11) is 0. The Morgan fingerprint density at radius 1 is 0.806 bits per heavy atom. The van der Waals surface area contributed by atoms with Crippen LogP contribution in [-0.4, -0.2) is 16.7 Å². The lowest BCUT2D eigenvalue weighted by molar-refractivity contribution is -0.384. The predicted molar refractivity (Wildman–Crippen MR) is 118 cm³/mol. The van der Waals surface area contributed by atoms with E-state index in [4.69, 9.17) is 0 Å². The van der Waals surface area contributed by atoms with Crippen LogP contribution in [0.3, 0.4) is 0 Å². The average molecular weight is 413 g/mol. The highest BCUT2D eigenvalue weighted by Gasteiger charge is 2.41. The Balaban J connectivity index is 1.85. The van der Waals surface area contributed by atoms with E-state index < -0.39 is 16.7 Å². The zero-order valence-electron chi connectivity index (χ0n) is 17.0. The molecule has 0 bridgehead atoms. The second-order valence-electron chi connectivity index (χ2n) is 7.23. The van der Waals surface area contributed by atoms with E-state index in [1.54, 1.807) is 12.1 Å². The molecule has 7 nitrogen and oxygen atoms in total. The molecule has 0 atom stereocenters. The standard InChI is InChI=1S/C24H19N3O4/c1-15-7-3-5-9-19(15)25-22-21(17-11-13-18(14-12-17)27(30)31)23(28)26(24(22)29)20-10-6-4-8-16(20)2/h3-14,25H,1-2H3. The minimum absolute atomic E-state index is 0.0923. The molecule has 7 heteroatoms. The summed E-state index contributed by atoms with van der Waals surface area (Å²) >= 11 is 0. The highest BCUT2D eigenvalue weighted by atomic mass is 16.6. The largest absolute Gasteiger partial charge is 0.350 e. The Morgan fingerprint density at radius 2 is 1.42 bits per heavy atom. The van der Waals surface area contributed by atoms with Crippen molar-refractivity contribution in [3.05, 3.63) is 105 Å². The number of rotatable bonds is 5. The van der Waals surface area contributed by atoms with Crippen molar-refractivity contribution in [2.75, 3.05) is 10.2 Å². The van der Waals surface area contributed by atoms with E-state index in [1.165, 1.54) is 24.3 Å². The molecule has 3 aromatic rings. The SMILES string of the molecule is Cc1ccccc1NC1=C(c2ccc([N+](=O)[O-])cc2)C(=O)N(c2ccccc2C)C1=O. The molecule has 0 fully saturated rings. The van der Waals surface area contributed by atoms with Crippen molar-refractivity contribution in [2.45, 2.75) is 13.8 Å². The van der Waals surface area contributed by atoms with Crippen molar-refractivity contribution >= 4 is 34.4 Å². The molecule has 1 aliphatic heterocycles. The second kappa shape index (κ2) is 7.87. The monoisotopic (exact) mass is 413 g/mol. The molecule has 2 amide bonds. The first-order valence-corrected chi connectivity index (χ1v) is 9.64. The van der Waals surface area contributed by atoms with Crippen molar-refractivity contribution < 1.29 is 14.5 Å². The van der Waals surface area contributed by atoms with Crippen LogP contribution in [0.25, 0.3) is 5.57 Å². The fourth-order valence-corrected chi connectivity index (χ4v) is 3.54. The molecule has 4 rings (SSSR count). The lowest BCUT2D eigenvalue weighted by atomic mass is 10.0. The molecule has 1 heterocycles. The summed E-state index contributed by atoms with van der Waals surface area (Å²) in [5.74, 6) is -0.958. The molecule has 0 radical (unpaired) electrons. The minimum atomic E-state index is -0.508. The molecule has 1 N–H and O–H groups in total. The fraction of sp³-hybridized carbons (Fsp3) is 0.0833. The number of anilines is 2. The van der Waals surface area contributed by atoms with E-state index in [-0.39, 0.29) is 17.0 Å². The van der Waals surface area contributed by atoms with Gasteiger partial charge in [-0.1, -0.05) is 36.4 Å². The van der Waals surface area contributed by atoms with Crippen molar-refractivity contribution in [1.82, 2.24) is 0 Å². The van der Waals surface area contributed by atoms with Gasteiger partial charge in [-0.25, -0.2) is 4.90 Å². The fourth-order valence-electron chi connectivity index (χ4n) is 3.54. The Bertz CT molecular complexity index is 1250. The number of nitro benzene ring substituents is 1. The number of amides is 2. The number of imide groups is 1. The van der Waals surface area contributed by atoms with E-state index in [2.05, 4.69) is 5.32 Å². The number of para-hydroxylation sites is 2. The molecular formula is C24H19N3O4. The molecule has 154 valence electrons. The topological polar surface area (TPSA) is 92.6 Å². The number of hydrogen-bond acceptors (Lipinski definition) is 5. The first kappa shape index (κ1) is 20.0. The van der Waals surface area contributed by atoms with Crippen molar-refractivity contribution in [3.8, 4) is 0 Å². The van der Waals surface area contributed by atoms with Gasteiger partial charge >= 0.3 is 0 Å². The maximum atomic E-state index is 13.4. The summed E-state index contributed by atoms with van der Waals surface area (Å²) in [6.45, 7) is 3.73. The Labute approximate surface area is 178 Å². The van der Waals surface area contributed by atoms with Crippen LogP contribution in [0.1, 0.15) is 16.7 Å². The van der Waals surface area contributed by atoms with Gasteiger partial charge in [0, 0.05) is 17.8 Å². The number of nitrogens with one attached hydrogen (secondary N) is 1. The summed E-state index contributed by atoms with van der Waals surface area (Å²) in [6, 6.07) is 20.2. The molecule has 0 aromatic heterocycles. The molecule has 31 heavy (non-hydrogen) atoms. The van der Waals surface area contributed by atoms with E-state index in [0.717, 1.165) is 16.0 Å². The van der Waals surface area contributed by atoms with Gasteiger partial charge < -0.3 is 5.32 Å². The van der Waals surface area contributed by atoms with Gasteiger partial charge in [-0.3, -0.25) is 19.7 Å². The molecule has 0 unspecified atom stereocenters. The maximum absolute atomic E-state index is 13.4. The molecule has 0 saturated heterocycles. The van der Waals surface area contributed by atoms with Crippen LogP contribution >= 0.6 is 0 Å². The van der Waals surface area contributed by atoms with Crippen LogP contribution < -0.4 is 10.2 Å². The smallest absolute Gasteiger partial charge is 0.282 e. The van der Waals surface area contributed by atoms with Gasteiger partial charge in [-0.05, 0) is 54.8 Å². The maximum Gasteiger partial charge on any atom is 0.282 e. The summed E-state index contributed by atoms with van der Waals surface area (Å²) in [5.41, 5.74) is 3.53. The van der Waals surface area contributed by atoms with Crippen molar-refractivity contribution in [2.24, 2.45) is 0 Å². The van der Waals surface area contributed by atoms with Crippen LogP contribution in [0.15, 0.2) is 78.5 Å². The van der Waals surface area contributed by atoms with E-state index in [0.29, 0.717) is 16.9 Å². The van der Waals surface area contributed by atoms with Gasteiger partial charge in [-0.2, -0.15) is 0 Å².